The zero-order valence-electron chi connectivity index (χ0n) is 16.5. The van der Waals surface area contributed by atoms with Crippen molar-refractivity contribution in [3.63, 3.8) is 0 Å². The van der Waals surface area contributed by atoms with Gasteiger partial charge in [-0.1, -0.05) is 12.1 Å². The first-order chi connectivity index (χ1) is 12.6. The third-order valence-corrected chi connectivity index (χ3v) is 4.50. The highest BCUT2D eigenvalue weighted by Gasteiger charge is 2.31. The fourth-order valence-corrected chi connectivity index (χ4v) is 3.12. The Balaban J connectivity index is 1.89. The summed E-state index contributed by atoms with van der Waals surface area (Å²) in [7, 11) is 1.75. The molecule has 3 amide bonds. The zero-order chi connectivity index (χ0) is 20.2. The van der Waals surface area contributed by atoms with E-state index < -0.39 is 11.5 Å². The van der Waals surface area contributed by atoms with Crippen molar-refractivity contribution in [2.75, 3.05) is 20.1 Å². The second-order valence-corrected chi connectivity index (χ2v) is 8.00. The minimum atomic E-state index is -0.524. The van der Waals surface area contributed by atoms with E-state index in [0.29, 0.717) is 38.0 Å². The second-order valence-electron chi connectivity index (χ2n) is 8.00. The van der Waals surface area contributed by atoms with Crippen LogP contribution < -0.4 is 5.73 Å². The highest BCUT2D eigenvalue weighted by molar-refractivity contribution is 5.92. The third kappa shape index (κ3) is 5.98. The first-order valence-corrected chi connectivity index (χ1v) is 9.18. The van der Waals surface area contributed by atoms with E-state index in [1.54, 1.807) is 35.0 Å². The number of nitrogens with zero attached hydrogens (tertiary/aromatic N) is 2. The van der Waals surface area contributed by atoms with Gasteiger partial charge in [0.1, 0.15) is 5.60 Å². The normalized spacial score (nSPS) is 15.3. The molecule has 1 saturated heterocycles. The minimum absolute atomic E-state index is 0.0447. The van der Waals surface area contributed by atoms with Gasteiger partial charge in [-0.05, 0) is 51.3 Å². The van der Waals surface area contributed by atoms with E-state index in [1.165, 1.54) is 0 Å². The summed E-state index contributed by atoms with van der Waals surface area (Å²) in [5, 5.41) is 0. The predicted octanol–water partition coefficient (Wildman–Crippen LogP) is 2.39. The Labute approximate surface area is 160 Å². The summed E-state index contributed by atoms with van der Waals surface area (Å²) in [6.45, 7) is 6.94. The number of hydrogen-bond donors (Lipinski definition) is 1. The molecule has 0 unspecified atom stereocenters. The topological polar surface area (TPSA) is 92.9 Å². The minimum Gasteiger partial charge on any atom is -0.444 e. The number of hydrogen-bond acceptors (Lipinski definition) is 4. The highest BCUT2D eigenvalue weighted by atomic mass is 16.6. The quantitative estimate of drug-likeness (QED) is 0.874. The Hall–Kier alpha value is -2.57. The molecule has 148 valence electrons. The lowest BCUT2D eigenvalue weighted by Crippen LogP contribution is -2.45. The summed E-state index contributed by atoms with van der Waals surface area (Å²) in [4.78, 5) is 39.5. The number of rotatable bonds is 4. The molecule has 0 aliphatic carbocycles. The van der Waals surface area contributed by atoms with E-state index in [1.807, 2.05) is 26.8 Å². The van der Waals surface area contributed by atoms with E-state index >= 15 is 0 Å². The first-order valence-electron chi connectivity index (χ1n) is 9.18. The molecule has 0 atom stereocenters. The van der Waals surface area contributed by atoms with Crippen LogP contribution in [-0.2, 0) is 16.1 Å². The summed E-state index contributed by atoms with van der Waals surface area (Å²) >= 11 is 0. The number of carbonyl (C=O) groups excluding carboxylic acids is 3. The molecule has 0 bridgehead atoms. The van der Waals surface area contributed by atoms with Crippen molar-refractivity contribution in [2.45, 2.75) is 45.8 Å². The maximum atomic E-state index is 12.7. The van der Waals surface area contributed by atoms with Crippen LogP contribution in [-0.4, -0.2) is 53.4 Å². The number of likely N-dealkylation sites (tertiary alicyclic amines) is 1. The Morgan fingerprint density at radius 2 is 1.85 bits per heavy atom. The van der Waals surface area contributed by atoms with Crippen LogP contribution in [0.5, 0.6) is 0 Å². The number of amides is 3. The molecule has 2 N–H and O–H groups in total. The number of benzene rings is 1. The smallest absolute Gasteiger partial charge is 0.410 e. The Kier molecular flexibility index (Phi) is 6.46. The van der Waals surface area contributed by atoms with Crippen molar-refractivity contribution >= 4 is 17.9 Å². The zero-order valence-corrected chi connectivity index (χ0v) is 16.5. The average molecular weight is 375 g/mol. The van der Waals surface area contributed by atoms with Crippen molar-refractivity contribution in [3.8, 4) is 0 Å². The monoisotopic (exact) mass is 375 g/mol. The van der Waals surface area contributed by atoms with E-state index in [4.69, 9.17) is 10.5 Å². The highest BCUT2D eigenvalue weighted by Crippen LogP contribution is 2.22. The molecule has 1 aliphatic rings. The third-order valence-electron chi connectivity index (χ3n) is 4.50. The molecule has 0 spiro atoms. The van der Waals surface area contributed by atoms with Gasteiger partial charge in [-0.25, -0.2) is 4.79 Å². The van der Waals surface area contributed by atoms with Gasteiger partial charge in [-0.3, -0.25) is 9.59 Å². The van der Waals surface area contributed by atoms with Crippen molar-refractivity contribution in [1.29, 1.82) is 0 Å². The second kappa shape index (κ2) is 8.41. The molecule has 1 fully saturated rings. The van der Waals surface area contributed by atoms with Gasteiger partial charge < -0.3 is 20.3 Å². The largest absolute Gasteiger partial charge is 0.444 e. The van der Waals surface area contributed by atoms with Gasteiger partial charge in [-0.15, -0.1) is 0 Å². The lowest BCUT2D eigenvalue weighted by atomic mass is 9.95. The molecule has 1 aliphatic heterocycles. The SMILES string of the molecule is CN(Cc1cccc(C(N)=O)c1)C(=O)C1CCN(C(=O)OC(C)(C)C)CC1. The van der Waals surface area contributed by atoms with Crippen LogP contribution in [0.4, 0.5) is 4.79 Å². The summed E-state index contributed by atoms with van der Waals surface area (Å²) in [5.41, 5.74) is 6.06. The number of nitrogens with two attached hydrogens (primary N) is 1. The van der Waals surface area contributed by atoms with E-state index in [-0.39, 0.29) is 17.9 Å². The van der Waals surface area contributed by atoms with E-state index in [9.17, 15) is 14.4 Å². The number of carbonyl (C=O) groups is 3. The van der Waals surface area contributed by atoms with Crippen molar-refractivity contribution < 1.29 is 19.1 Å². The number of ether oxygens (including phenoxy) is 1. The van der Waals surface area contributed by atoms with Crippen LogP contribution in [0.15, 0.2) is 24.3 Å². The summed E-state index contributed by atoms with van der Waals surface area (Å²) < 4.78 is 5.38. The van der Waals surface area contributed by atoms with Gasteiger partial charge in [0.2, 0.25) is 11.8 Å². The Bertz CT molecular complexity index is 703. The number of primary amides is 1. The molecule has 2 rings (SSSR count). The molecule has 7 heteroatoms. The Morgan fingerprint density at radius 3 is 2.41 bits per heavy atom. The molecular formula is C20H29N3O4. The lowest BCUT2D eigenvalue weighted by molar-refractivity contribution is -0.136. The molecule has 1 aromatic carbocycles. The molecule has 0 saturated carbocycles. The molecule has 0 aromatic heterocycles. The van der Waals surface area contributed by atoms with Gasteiger partial charge in [0.15, 0.2) is 0 Å². The standard InChI is InChI=1S/C20H29N3O4/c1-20(2,3)27-19(26)23-10-8-15(9-11-23)18(25)22(4)13-14-6-5-7-16(12-14)17(21)24/h5-7,12,15H,8-11,13H2,1-4H3,(H2,21,24). The lowest BCUT2D eigenvalue weighted by Gasteiger charge is -2.34. The van der Waals surface area contributed by atoms with E-state index in [2.05, 4.69) is 0 Å². The Morgan fingerprint density at radius 1 is 1.22 bits per heavy atom. The van der Waals surface area contributed by atoms with Crippen LogP contribution in [0, 0.1) is 5.92 Å². The predicted molar refractivity (Wildman–Crippen MR) is 102 cm³/mol. The summed E-state index contributed by atoms with van der Waals surface area (Å²) in [6, 6.07) is 6.98. The van der Waals surface area contributed by atoms with Gasteiger partial charge >= 0.3 is 6.09 Å². The fourth-order valence-electron chi connectivity index (χ4n) is 3.12. The molecule has 1 aromatic rings. The van der Waals surface area contributed by atoms with Gasteiger partial charge in [-0.2, -0.15) is 0 Å². The fraction of sp³-hybridized carbons (Fsp3) is 0.550. The van der Waals surface area contributed by atoms with Crippen molar-refractivity contribution in [2.24, 2.45) is 11.7 Å². The maximum absolute atomic E-state index is 12.7. The van der Waals surface area contributed by atoms with Gasteiger partial charge in [0.05, 0.1) is 0 Å². The molecular weight excluding hydrogens is 346 g/mol. The molecule has 0 radical (unpaired) electrons. The van der Waals surface area contributed by atoms with Crippen LogP contribution in [0.1, 0.15) is 49.5 Å². The average Bonchev–Trinajstić information content (AvgIpc) is 2.60. The first kappa shape index (κ1) is 20.7. The summed E-state index contributed by atoms with van der Waals surface area (Å²) in [6.07, 6.45) is 0.901. The maximum Gasteiger partial charge on any atom is 0.410 e. The van der Waals surface area contributed by atoms with Crippen molar-refractivity contribution in [3.05, 3.63) is 35.4 Å². The molecule has 27 heavy (non-hydrogen) atoms. The summed E-state index contributed by atoms with van der Waals surface area (Å²) in [5.74, 6) is -0.559. The van der Waals surface area contributed by atoms with Crippen molar-refractivity contribution in [1.82, 2.24) is 9.80 Å². The number of piperidine rings is 1. The van der Waals surface area contributed by atoms with Crippen LogP contribution in [0.2, 0.25) is 0 Å². The van der Waals surface area contributed by atoms with Gasteiger partial charge in [0, 0.05) is 38.2 Å². The van der Waals surface area contributed by atoms with Crippen LogP contribution in [0.3, 0.4) is 0 Å². The van der Waals surface area contributed by atoms with Gasteiger partial charge in [0.25, 0.3) is 0 Å². The van der Waals surface area contributed by atoms with Crippen LogP contribution in [0.25, 0.3) is 0 Å². The molecule has 1 heterocycles. The molecule has 7 nitrogen and oxygen atoms in total. The van der Waals surface area contributed by atoms with Crippen LogP contribution >= 0.6 is 0 Å². The van der Waals surface area contributed by atoms with E-state index in [0.717, 1.165) is 5.56 Å².